The Hall–Kier alpha value is -3.67. The highest BCUT2D eigenvalue weighted by Crippen LogP contribution is 2.20. The predicted molar refractivity (Wildman–Crippen MR) is 116 cm³/mol. The van der Waals surface area contributed by atoms with Crippen LogP contribution in [0.5, 0.6) is 0 Å². The number of rotatable bonds is 5. The lowest BCUT2D eigenvalue weighted by Gasteiger charge is -2.11. The van der Waals surface area contributed by atoms with Crippen LogP contribution in [0.2, 0.25) is 0 Å². The summed E-state index contributed by atoms with van der Waals surface area (Å²) in [6.07, 6.45) is 2.36. The zero-order chi connectivity index (χ0) is 20.2. The molecule has 0 unspecified atom stereocenters. The topological polar surface area (TPSA) is 71.8 Å². The molecule has 0 aliphatic heterocycles. The van der Waals surface area contributed by atoms with E-state index in [1.165, 1.54) is 5.56 Å². The summed E-state index contributed by atoms with van der Waals surface area (Å²) in [7, 11) is 0. The van der Waals surface area contributed by atoms with Crippen molar-refractivity contribution in [1.29, 1.82) is 0 Å². The largest absolute Gasteiger partial charge is 0.337 e. The normalized spacial score (nSPS) is 10.8. The smallest absolute Gasteiger partial charge is 0.319 e. The van der Waals surface area contributed by atoms with Gasteiger partial charge in [0.15, 0.2) is 5.65 Å². The number of para-hydroxylation sites is 1. The third-order valence-electron chi connectivity index (χ3n) is 4.76. The number of benzene rings is 2. The summed E-state index contributed by atoms with van der Waals surface area (Å²) in [6.45, 7) is 4.48. The second-order valence-electron chi connectivity index (χ2n) is 6.99. The van der Waals surface area contributed by atoms with Crippen LogP contribution >= 0.6 is 0 Å². The van der Waals surface area contributed by atoms with E-state index in [4.69, 9.17) is 4.98 Å². The molecule has 0 aliphatic rings. The summed E-state index contributed by atoms with van der Waals surface area (Å²) >= 11 is 0. The lowest BCUT2D eigenvalue weighted by atomic mass is 10.1. The summed E-state index contributed by atoms with van der Waals surface area (Å²) in [5.41, 5.74) is 5.68. The fraction of sp³-hybridized carbons (Fsp3) is 0.174. The SMILES string of the molecule is Cc1ccc(NC(=O)NCCc2nc3cccnc3n2-c2ccccc2)c(C)c1. The molecule has 6 heteroatoms. The molecule has 2 N–H and O–H groups in total. The van der Waals surface area contributed by atoms with E-state index in [0.29, 0.717) is 13.0 Å². The average molecular weight is 385 g/mol. The predicted octanol–water partition coefficient (Wildman–Crippen LogP) is 4.40. The lowest BCUT2D eigenvalue weighted by Crippen LogP contribution is -2.31. The third kappa shape index (κ3) is 4.11. The molecule has 0 spiro atoms. The monoisotopic (exact) mass is 385 g/mol. The minimum absolute atomic E-state index is 0.225. The second kappa shape index (κ2) is 8.14. The highest BCUT2D eigenvalue weighted by molar-refractivity contribution is 5.90. The molecular weight excluding hydrogens is 362 g/mol. The Morgan fingerprint density at radius 1 is 1.03 bits per heavy atom. The van der Waals surface area contributed by atoms with Gasteiger partial charge in [0.1, 0.15) is 11.3 Å². The minimum Gasteiger partial charge on any atom is -0.337 e. The van der Waals surface area contributed by atoms with E-state index >= 15 is 0 Å². The van der Waals surface area contributed by atoms with Crippen molar-refractivity contribution in [3.05, 3.63) is 83.8 Å². The average Bonchev–Trinajstić information content (AvgIpc) is 3.09. The number of carbonyl (C=O) groups is 1. The van der Waals surface area contributed by atoms with Gasteiger partial charge in [0.25, 0.3) is 0 Å². The molecule has 4 aromatic rings. The van der Waals surface area contributed by atoms with Crippen molar-refractivity contribution < 1.29 is 4.79 Å². The van der Waals surface area contributed by atoms with Crippen molar-refractivity contribution in [2.45, 2.75) is 20.3 Å². The number of aromatic nitrogens is 3. The number of urea groups is 1. The fourth-order valence-corrected chi connectivity index (χ4v) is 3.38. The number of aryl methyl sites for hydroxylation is 2. The van der Waals surface area contributed by atoms with Crippen LogP contribution in [0, 0.1) is 13.8 Å². The summed E-state index contributed by atoms with van der Waals surface area (Å²) in [6, 6.07) is 19.6. The quantitative estimate of drug-likeness (QED) is 0.535. The molecule has 2 aromatic heterocycles. The van der Waals surface area contributed by atoms with Gasteiger partial charge < -0.3 is 10.6 Å². The van der Waals surface area contributed by atoms with Gasteiger partial charge in [-0.2, -0.15) is 0 Å². The number of hydrogen-bond acceptors (Lipinski definition) is 3. The Labute approximate surface area is 169 Å². The molecule has 0 saturated heterocycles. The van der Waals surface area contributed by atoms with Crippen molar-refractivity contribution in [2.24, 2.45) is 0 Å². The molecule has 0 radical (unpaired) electrons. The molecule has 29 heavy (non-hydrogen) atoms. The number of amides is 2. The number of nitrogens with one attached hydrogen (secondary N) is 2. The first-order chi connectivity index (χ1) is 14.1. The Morgan fingerprint density at radius 3 is 2.66 bits per heavy atom. The Kier molecular flexibility index (Phi) is 5.24. The molecule has 0 bridgehead atoms. The van der Waals surface area contributed by atoms with E-state index < -0.39 is 0 Å². The van der Waals surface area contributed by atoms with Gasteiger partial charge in [0.2, 0.25) is 0 Å². The van der Waals surface area contributed by atoms with E-state index in [1.807, 2.05) is 79.1 Å². The highest BCUT2D eigenvalue weighted by atomic mass is 16.2. The van der Waals surface area contributed by atoms with Gasteiger partial charge in [-0.25, -0.2) is 14.8 Å². The van der Waals surface area contributed by atoms with Gasteiger partial charge in [-0.1, -0.05) is 35.9 Å². The molecule has 2 heterocycles. The molecule has 4 rings (SSSR count). The van der Waals surface area contributed by atoms with Crippen molar-refractivity contribution in [1.82, 2.24) is 19.9 Å². The van der Waals surface area contributed by atoms with Gasteiger partial charge in [-0.3, -0.25) is 4.57 Å². The number of anilines is 1. The Morgan fingerprint density at radius 2 is 1.86 bits per heavy atom. The fourth-order valence-electron chi connectivity index (χ4n) is 3.38. The summed E-state index contributed by atoms with van der Waals surface area (Å²) in [5, 5.41) is 5.83. The Balaban J connectivity index is 1.48. The van der Waals surface area contributed by atoms with Crippen molar-refractivity contribution in [2.75, 3.05) is 11.9 Å². The number of carbonyl (C=O) groups excluding carboxylic acids is 1. The van der Waals surface area contributed by atoms with Crippen LogP contribution in [0.1, 0.15) is 17.0 Å². The van der Waals surface area contributed by atoms with Crippen LogP contribution in [-0.4, -0.2) is 27.1 Å². The molecule has 0 saturated carbocycles. The third-order valence-corrected chi connectivity index (χ3v) is 4.76. The van der Waals surface area contributed by atoms with Crippen molar-refractivity contribution >= 4 is 22.9 Å². The minimum atomic E-state index is -0.225. The maximum atomic E-state index is 12.3. The zero-order valence-electron chi connectivity index (χ0n) is 16.5. The molecule has 0 aliphatic carbocycles. The van der Waals surface area contributed by atoms with E-state index in [1.54, 1.807) is 6.20 Å². The molecule has 146 valence electrons. The van der Waals surface area contributed by atoms with Gasteiger partial charge in [0.05, 0.1) is 0 Å². The van der Waals surface area contributed by atoms with Gasteiger partial charge in [-0.15, -0.1) is 0 Å². The van der Waals surface area contributed by atoms with Gasteiger partial charge in [-0.05, 0) is 49.7 Å². The summed E-state index contributed by atoms with van der Waals surface area (Å²) < 4.78 is 2.04. The lowest BCUT2D eigenvalue weighted by molar-refractivity contribution is 0.252. The number of imidazole rings is 1. The first-order valence-electron chi connectivity index (χ1n) is 9.62. The van der Waals surface area contributed by atoms with Crippen molar-refractivity contribution in [3.8, 4) is 5.69 Å². The maximum absolute atomic E-state index is 12.3. The summed E-state index contributed by atoms with van der Waals surface area (Å²) in [4.78, 5) is 21.5. The molecule has 0 atom stereocenters. The number of pyridine rings is 1. The molecule has 6 nitrogen and oxygen atoms in total. The van der Waals surface area contributed by atoms with Gasteiger partial charge >= 0.3 is 6.03 Å². The standard InChI is InChI=1S/C23H23N5O/c1-16-10-11-19(17(2)15-16)27-23(29)25-14-12-21-26-20-9-6-13-24-22(20)28(21)18-7-4-3-5-8-18/h3-11,13,15H,12,14H2,1-2H3,(H2,25,27,29). The highest BCUT2D eigenvalue weighted by Gasteiger charge is 2.13. The van der Waals surface area contributed by atoms with E-state index in [0.717, 1.165) is 33.9 Å². The second-order valence-corrected chi connectivity index (χ2v) is 6.99. The Bertz CT molecular complexity index is 1150. The first-order valence-corrected chi connectivity index (χ1v) is 9.62. The van der Waals surface area contributed by atoms with Crippen LogP contribution < -0.4 is 10.6 Å². The number of nitrogens with zero attached hydrogens (tertiary/aromatic N) is 3. The zero-order valence-corrected chi connectivity index (χ0v) is 16.5. The van der Waals surface area contributed by atoms with E-state index in [-0.39, 0.29) is 6.03 Å². The molecule has 2 aromatic carbocycles. The van der Waals surface area contributed by atoms with Gasteiger partial charge in [0, 0.05) is 30.5 Å². The van der Waals surface area contributed by atoms with Crippen molar-refractivity contribution in [3.63, 3.8) is 0 Å². The molecule has 0 fully saturated rings. The van der Waals surface area contributed by atoms with Crippen LogP contribution in [-0.2, 0) is 6.42 Å². The first kappa shape index (κ1) is 18.7. The number of hydrogen-bond donors (Lipinski definition) is 2. The molecule has 2 amide bonds. The maximum Gasteiger partial charge on any atom is 0.319 e. The number of fused-ring (bicyclic) bond motifs is 1. The van der Waals surface area contributed by atoms with Crippen LogP contribution in [0.4, 0.5) is 10.5 Å². The van der Waals surface area contributed by atoms with E-state index in [9.17, 15) is 4.79 Å². The van der Waals surface area contributed by atoms with Crippen LogP contribution in [0.3, 0.4) is 0 Å². The molecular formula is C23H23N5O. The van der Waals surface area contributed by atoms with Crippen LogP contribution in [0.15, 0.2) is 66.9 Å². The van der Waals surface area contributed by atoms with Crippen LogP contribution in [0.25, 0.3) is 16.9 Å². The summed E-state index contributed by atoms with van der Waals surface area (Å²) in [5.74, 6) is 0.858. The van der Waals surface area contributed by atoms with E-state index in [2.05, 4.69) is 15.6 Å².